The van der Waals surface area contributed by atoms with Crippen LogP contribution >= 0.6 is 0 Å². The Morgan fingerprint density at radius 2 is 2.00 bits per heavy atom. The zero-order chi connectivity index (χ0) is 8.15. The van der Waals surface area contributed by atoms with Gasteiger partial charge in [-0.15, -0.1) is 0 Å². The number of rotatable bonds is 4. The monoisotopic (exact) mass is 143 g/mol. The van der Waals surface area contributed by atoms with Gasteiger partial charge in [0, 0.05) is 5.92 Å². The van der Waals surface area contributed by atoms with Crippen LogP contribution in [0.1, 0.15) is 33.6 Å². The van der Waals surface area contributed by atoms with Gasteiger partial charge in [-0.3, -0.25) is 4.79 Å². The van der Waals surface area contributed by atoms with E-state index in [4.69, 9.17) is 5.73 Å². The summed E-state index contributed by atoms with van der Waals surface area (Å²) >= 11 is 0. The van der Waals surface area contributed by atoms with E-state index in [2.05, 4.69) is 13.8 Å². The molecule has 0 aromatic heterocycles. The van der Waals surface area contributed by atoms with E-state index < -0.39 is 0 Å². The first kappa shape index (κ1) is 9.47. The first-order chi connectivity index (χ1) is 4.57. The summed E-state index contributed by atoms with van der Waals surface area (Å²) in [7, 11) is 0. The highest BCUT2D eigenvalue weighted by molar-refractivity contribution is 5.76. The molecule has 2 nitrogen and oxygen atoms in total. The summed E-state index contributed by atoms with van der Waals surface area (Å²) in [6.07, 6.45) is 2.05. The Labute approximate surface area is 62.8 Å². The van der Waals surface area contributed by atoms with E-state index in [1.807, 2.05) is 6.92 Å². The van der Waals surface area contributed by atoms with Crippen molar-refractivity contribution >= 4 is 5.91 Å². The Hall–Kier alpha value is -0.530. The fraction of sp³-hybridized carbons (Fsp3) is 0.875. The minimum atomic E-state index is -0.180. The molecule has 2 heteroatoms. The molecule has 0 rings (SSSR count). The van der Waals surface area contributed by atoms with Crippen LogP contribution in [0.15, 0.2) is 0 Å². The zero-order valence-corrected chi connectivity index (χ0v) is 7.05. The van der Waals surface area contributed by atoms with Crippen molar-refractivity contribution in [2.24, 2.45) is 17.6 Å². The fourth-order valence-electron chi connectivity index (χ4n) is 0.886. The van der Waals surface area contributed by atoms with Crippen molar-refractivity contribution in [3.05, 3.63) is 0 Å². The fourth-order valence-corrected chi connectivity index (χ4v) is 0.886. The summed E-state index contributed by atoms with van der Waals surface area (Å²) in [6, 6.07) is 0. The molecule has 0 aliphatic rings. The second-order valence-corrected chi connectivity index (χ2v) is 3.05. The van der Waals surface area contributed by atoms with Gasteiger partial charge in [0.2, 0.25) is 5.91 Å². The molecule has 0 aliphatic heterocycles. The van der Waals surface area contributed by atoms with Gasteiger partial charge in [-0.1, -0.05) is 27.2 Å². The Balaban J connectivity index is 3.56. The molecule has 10 heavy (non-hydrogen) atoms. The van der Waals surface area contributed by atoms with Crippen molar-refractivity contribution < 1.29 is 4.79 Å². The lowest BCUT2D eigenvalue weighted by Crippen LogP contribution is -2.22. The average Bonchev–Trinajstić information content (AvgIpc) is 1.87. The second-order valence-electron chi connectivity index (χ2n) is 3.05. The number of carbonyl (C=O) groups is 1. The molecule has 2 N–H and O–H groups in total. The molecule has 0 spiro atoms. The molecule has 0 bridgehead atoms. The van der Waals surface area contributed by atoms with E-state index in [-0.39, 0.29) is 11.8 Å². The van der Waals surface area contributed by atoms with Crippen molar-refractivity contribution in [2.45, 2.75) is 33.6 Å². The lowest BCUT2D eigenvalue weighted by atomic mass is 9.95. The van der Waals surface area contributed by atoms with E-state index >= 15 is 0 Å². The Morgan fingerprint density at radius 3 is 2.30 bits per heavy atom. The molecular formula is C8H17NO. The van der Waals surface area contributed by atoms with Crippen molar-refractivity contribution in [1.82, 2.24) is 0 Å². The van der Waals surface area contributed by atoms with Gasteiger partial charge in [0.15, 0.2) is 0 Å². The molecule has 0 aromatic rings. The number of hydrogen-bond acceptors (Lipinski definition) is 1. The molecule has 0 radical (unpaired) electrons. The smallest absolute Gasteiger partial charge is 0.220 e. The van der Waals surface area contributed by atoms with E-state index in [0.717, 1.165) is 12.8 Å². The summed E-state index contributed by atoms with van der Waals surface area (Å²) in [5.41, 5.74) is 5.10. The number of primary amides is 1. The summed E-state index contributed by atoms with van der Waals surface area (Å²) < 4.78 is 0. The van der Waals surface area contributed by atoms with Gasteiger partial charge in [0.25, 0.3) is 0 Å². The number of nitrogens with two attached hydrogens (primary N) is 1. The predicted molar refractivity (Wildman–Crippen MR) is 42.4 cm³/mol. The molecule has 0 saturated carbocycles. The maximum absolute atomic E-state index is 10.6. The maximum Gasteiger partial charge on any atom is 0.220 e. The third kappa shape index (κ3) is 3.49. The Morgan fingerprint density at radius 1 is 1.50 bits per heavy atom. The van der Waals surface area contributed by atoms with Crippen molar-refractivity contribution in [2.75, 3.05) is 0 Å². The lowest BCUT2D eigenvalue weighted by molar-refractivity contribution is -0.121. The van der Waals surface area contributed by atoms with Gasteiger partial charge in [-0.25, -0.2) is 0 Å². The minimum Gasteiger partial charge on any atom is -0.369 e. The molecule has 0 heterocycles. The van der Waals surface area contributed by atoms with Gasteiger partial charge in [0.05, 0.1) is 0 Å². The van der Waals surface area contributed by atoms with Crippen LogP contribution in [-0.4, -0.2) is 5.91 Å². The van der Waals surface area contributed by atoms with Gasteiger partial charge < -0.3 is 5.73 Å². The largest absolute Gasteiger partial charge is 0.369 e. The highest BCUT2D eigenvalue weighted by Gasteiger charge is 2.11. The molecule has 0 fully saturated rings. The van der Waals surface area contributed by atoms with E-state index in [1.54, 1.807) is 0 Å². The van der Waals surface area contributed by atoms with Gasteiger partial charge in [-0.05, 0) is 12.3 Å². The molecule has 60 valence electrons. The van der Waals surface area contributed by atoms with E-state index in [0.29, 0.717) is 5.92 Å². The standard InChI is InChI=1S/C8H17NO/c1-4-6(2)5-7(3)8(9)10/h6-7H,4-5H2,1-3H3,(H2,9,10). The second kappa shape index (κ2) is 4.31. The summed E-state index contributed by atoms with van der Waals surface area (Å²) in [4.78, 5) is 10.6. The maximum atomic E-state index is 10.6. The molecule has 0 saturated heterocycles. The third-order valence-corrected chi connectivity index (χ3v) is 1.94. The first-order valence-corrected chi connectivity index (χ1v) is 3.87. The van der Waals surface area contributed by atoms with E-state index in [9.17, 15) is 4.79 Å². The topological polar surface area (TPSA) is 43.1 Å². The first-order valence-electron chi connectivity index (χ1n) is 3.87. The minimum absolute atomic E-state index is 0.0370. The van der Waals surface area contributed by atoms with Gasteiger partial charge in [0.1, 0.15) is 0 Å². The molecule has 2 atom stereocenters. The molecule has 0 aliphatic carbocycles. The number of carbonyl (C=O) groups excluding carboxylic acids is 1. The molecule has 2 unspecified atom stereocenters. The zero-order valence-electron chi connectivity index (χ0n) is 7.05. The van der Waals surface area contributed by atoms with Crippen LogP contribution in [0.2, 0.25) is 0 Å². The van der Waals surface area contributed by atoms with Crippen LogP contribution in [-0.2, 0) is 4.79 Å². The predicted octanol–water partition coefficient (Wildman–Crippen LogP) is 1.54. The normalized spacial score (nSPS) is 16.3. The van der Waals surface area contributed by atoms with Crippen molar-refractivity contribution in [3.8, 4) is 0 Å². The molecular weight excluding hydrogens is 126 g/mol. The SMILES string of the molecule is CCC(C)CC(C)C(N)=O. The van der Waals surface area contributed by atoms with Crippen LogP contribution in [0.25, 0.3) is 0 Å². The number of hydrogen-bond donors (Lipinski definition) is 1. The lowest BCUT2D eigenvalue weighted by Gasteiger charge is -2.11. The highest BCUT2D eigenvalue weighted by atomic mass is 16.1. The average molecular weight is 143 g/mol. The van der Waals surface area contributed by atoms with Crippen LogP contribution in [0.3, 0.4) is 0 Å². The van der Waals surface area contributed by atoms with Crippen molar-refractivity contribution in [1.29, 1.82) is 0 Å². The van der Waals surface area contributed by atoms with Gasteiger partial charge in [-0.2, -0.15) is 0 Å². The van der Waals surface area contributed by atoms with Crippen LogP contribution in [0.5, 0.6) is 0 Å². The molecule has 0 aromatic carbocycles. The molecule has 1 amide bonds. The summed E-state index contributed by atoms with van der Waals surface area (Å²) in [6.45, 7) is 6.15. The third-order valence-electron chi connectivity index (χ3n) is 1.94. The number of amides is 1. The van der Waals surface area contributed by atoms with Crippen LogP contribution in [0, 0.1) is 11.8 Å². The van der Waals surface area contributed by atoms with Crippen molar-refractivity contribution in [3.63, 3.8) is 0 Å². The summed E-state index contributed by atoms with van der Waals surface area (Å²) in [5, 5.41) is 0. The highest BCUT2D eigenvalue weighted by Crippen LogP contribution is 2.13. The van der Waals surface area contributed by atoms with Crippen LogP contribution < -0.4 is 5.73 Å². The van der Waals surface area contributed by atoms with E-state index in [1.165, 1.54) is 0 Å². The van der Waals surface area contributed by atoms with Gasteiger partial charge >= 0.3 is 0 Å². The Bertz CT molecular complexity index is 112. The van der Waals surface area contributed by atoms with Crippen LogP contribution in [0.4, 0.5) is 0 Å². The summed E-state index contributed by atoms with van der Waals surface area (Å²) in [5.74, 6) is 0.470. The quantitative estimate of drug-likeness (QED) is 0.637. The Kier molecular flexibility index (Phi) is 4.08.